The van der Waals surface area contributed by atoms with Gasteiger partial charge in [-0.25, -0.2) is 17.8 Å². The molecule has 0 spiro atoms. The molecule has 0 saturated carbocycles. The van der Waals surface area contributed by atoms with Crippen LogP contribution in [0.1, 0.15) is 23.2 Å². The molecule has 1 amide bonds. The number of aromatic nitrogens is 2. The number of hydrogen-bond donors (Lipinski definition) is 0. The van der Waals surface area contributed by atoms with Crippen molar-refractivity contribution in [2.45, 2.75) is 17.7 Å². The number of para-hydroxylation sites is 1. The fourth-order valence-electron chi connectivity index (χ4n) is 4.50. The maximum Gasteiger partial charge on any atom is 0.253 e. The van der Waals surface area contributed by atoms with Crippen LogP contribution in [0.2, 0.25) is 0 Å². The largest absolute Gasteiger partial charge is 0.338 e. The second kappa shape index (κ2) is 9.19. The summed E-state index contributed by atoms with van der Waals surface area (Å²) in [4.78, 5) is 21.4. The number of benzene rings is 2. The van der Waals surface area contributed by atoms with Gasteiger partial charge in [0.05, 0.1) is 10.6 Å². The molecule has 3 aromatic rings. The van der Waals surface area contributed by atoms with E-state index in [9.17, 15) is 17.6 Å². The highest BCUT2D eigenvalue weighted by molar-refractivity contribution is 7.89. The molecule has 0 radical (unpaired) electrons. The Hall–Kier alpha value is -3.24. The Bertz CT molecular complexity index is 1280. The molecule has 178 valence electrons. The van der Waals surface area contributed by atoms with E-state index in [4.69, 9.17) is 0 Å². The van der Waals surface area contributed by atoms with Gasteiger partial charge < -0.3 is 9.80 Å². The fourth-order valence-corrected chi connectivity index (χ4v) is 6.02. The van der Waals surface area contributed by atoms with Crippen LogP contribution < -0.4 is 4.90 Å². The highest BCUT2D eigenvalue weighted by Crippen LogP contribution is 2.24. The molecule has 34 heavy (non-hydrogen) atoms. The van der Waals surface area contributed by atoms with Gasteiger partial charge in [0.2, 0.25) is 16.0 Å². The lowest BCUT2D eigenvalue weighted by Gasteiger charge is -2.35. The zero-order valence-corrected chi connectivity index (χ0v) is 19.5. The molecule has 5 rings (SSSR count). The van der Waals surface area contributed by atoms with Gasteiger partial charge in [-0.1, -0.05) is 12.1 Å². The number of nitrogens with zero attached hydrogens (tertiary/aromatic N) is 5. The minimum atomic E-state index is -3.50. The Morgan fingerprint density at radius 3 is 2.24 bits per heavy atom. The molecule has 3 heterocycles. The maximum atomic E-state index is 14.3. The molecule has 2 aromatic carbocycles. The second-order valence-corrected chi connectivity index (χ2v) is 10.4. The summed E-state index contributed by atoms with van der Waals surface area (Å²) in [7, 11) is -3.50. The highest BCUT2D eigenvalue weighted by Gasteiger charge is 2.28. The van der Waals surface area contributed by atoms with Crippen molar-refractivity contribution >= 4 is 21.9 Å². The van der Waals surface area contributed by atoms with Crippen LogP contribution >= 0.6 is 0 Å². The molecular weight excluding hydrogens is 457 g/mol. The van der Waals surface area contributed by atoms with Crippen LogP contribution in [-0.4, -0.2) is 72.3 Å². The first kappa shape index (κ1) is 22.5. The van der Waals surface area contributed by atoms with Gasteiger partial charge in [-0.05, 0) is 49.2 Å². The predicted molar refractivity (Wildman–Crippen MR) is 126 cm³/mol. The van der Waals surface area contributed by atoms with Gasteiger partial charge in [-0.15, -0.1) is 0 Å². The van der Waals surface area contributed by atoms with Crippen LogP contribution in [-0.2, 0) is 10.0 Å². The Balaban J connectivity index is 1.25. The lowest BCUT2D eigenvalue weighted by atomic mass is 10.2. The van der Waals surface area contributed by atoms with Gasteiger partial charge in [0, 0.05) is 57.2 Å². The third-order valence-corrected chi connectivity index (χ3v) is 8.30. The van der Waals surface area contributed by atoms with Crippen molar-refractivity contribution in [3.05, 3.63) is 72.3 Å². The van der Waals surface area contributed by atoms with Crippen LogP contribution in [0, 0.1) is 5.82 Å². The number of hydrogen-bond acceptors (Lipinski definition) is 5. The topological polar surface area (TPSA) is 78.8 Å². The Morgan fingerprint density at radius 2 is 1.56 bits per heavy atom. The van der Waals surface area contributed by atoms with E-state index in [0.717, 1.165) is 12.8 Å². The van der Waals surface area contributed by atoms with Crippen LogP contribution in [0.25, 0.3) is 5.69 Å². The summed E-state index contributed by atoms with van der Waals surface area (Å²) in [6, 6.07) is 12.7. The Labute approximate surface area is 198 Å². The van der Waals surface area contributed by atoms with Crippen molar-refractivity contribution in [3.63, 3.8) is 0 Å². The maximum absolute atomic E-state index is 14.3. The summed E-state index contributed by atoms with van der Waals surface area (Å²) < 4.78 is 42.9. The number of piperazine rings is 1. The molecular formula is C24H26FN5O3S. The van der Waals surface area contributed by atoms with Crippen LogP contribution in [0.3, 0.4) is 0 Å². The van der Waals surface area contributed by atoms with Gasteiger partial charge in [-0.3, -0.25) is 9.36 Å². The molecule has 0 bridgehead atoms. The first-order valence-electron chi connectivity index (χ1n) is 11.4. The van der Waals surface area contributed by atoms with E-state index in [2.05, 4.69) is 4.98 Å². The number of imidazole rings is 1. The molecule has 0 N–H and O–H groups in total. The number of carbonyl (C=O) groups excluding carboxylic acids is 1. The summed E-state index contributed by atoms with van der Waals surface area (Å²) >= 11 is 0. The SMILES string of the molecule is O=C(c1ccc(S(=O)(=O)N2CCCC2)cc1)N1CCN(c2nccn2-c2ccccc2F)CC1. The van der Waals surface area contributed by atoms with E-state index >= 15 is 0 Å². The molecule has 0 atom stereocenters. The molecule has 10 heteroatoms. The van der Waals surface area contributed by atoms with E-state index in [1.54, 1.807) is 52.2 Å². The van der Waals surface area contributed by atoms with Gasteiger partial charge in [0.25, 0.3) is 5.91 Å². The van der Waals surface area contributed by atoms with Crippen LogP contribution in [0.15, 0.2) is 65.8 Å². The minimum Gasteiger partial charge on any atom is -0.338 e. The third kappa shape index (κ3) is 4.19. The summed E-state index contributed by atoms with van der Waals surface area (Å²) in [6.45, 7) is 3.16. The monoisotopic (exact) mass is 483 g/mol. The number of carbonyl (C=O) groups is 1. The predicted octanol–water partition coefficient (Wildman–Crippen LogP) is 2.76. The van der Waals surface area contributed by atoms with Gasteiger partial charge in [-0.2, -0.15) is 4.31 Å². The summed E-state index contributed by atoms with van der Waals surface area (Å²) in [5, 5.41) is 0. The average Bonchev–Trinajstić information content (AvgIpc) is 3.57. The Kier molecular flexibility index (Phi) is 6.09. The molecule has 2 saturated heterocycles. The fraction of sp³-hybridized carbons (Fsp3) is 0.333. The number of halogens is 1. The van der Waals surface area contributed by atoms with Gasteiger partial charge in [0.1, 0.15) is 5.82 Å². The second-order valence-electron chi connectivity index (χ2n) is 8.46. The summed E-state index contributed by atoms with van der Waals surface area (Å²) in [5.41, 5.74) is 0.888. The zero-order valence-electron chi connectivity index (χ0n) is 18.7. The van der Waals surface area contributed by atoms with E-state index in [1.165, 1.54) is 22.5 Å². The Morgan fingerprint density at radius 1 is 0.882 bits per heavy atom. The van der Waals surface area contributed by atoms with Gasteiger partial charge >= 0.3 is 0 Å². The number of amides is 1. The van der Waals surface area contributed by atoms with E-state index in [0.29, 0.717) is 56.5 Å². The number of anilines is 1. The molecule has 1 aromatic heterocycles. The van der Waals surface area contributed by atoms with Gasteiger partial charge in [0.15, 0.2) is 0 Å². The van der Waals surface area contributed by atoms with Crippen molar-refractivity contribution in [1.29, 1.82) is 0 Å². The minimum absolute atomic E-state index is 0.137. The number of sulfonamides is 1. The summed E-state index contributed by atoms with van der Waals surface area (Å²) in [6.07, 6.45) is 5.12. The molecule has 0 unspecified atom stereocenters. The van der Waals surface area contributed by atoms with E-state index < -0.39 is 10.0 Å². The smallest absolute Gasteiger partial charge is 0.253 e. The van der Waals surface area contributed by atoms with E-state index in [1.807, 2.05) is 4.90 Å². The molecule has 2 aliphatic heterocycles. The number of rotatable bonds is 5. The lowest BCUT2D eigenvalue weighted by Crippen LogP contribution is -2.49. The van der Waals surface area contributed by atoms with Crippen LogP contribution in [0.4, 0.5) is 10.3 Å². The first-order valence-corrected chi connectivity index (χ1v) is 12.8. The molecule has 2 aliphatic rings. The van der Waals surface area contributed by atoms with Crippen molar-refractivity contribution < 1.29 is 17.6 Å². The summed E-state index contributed by atoms with van der Waals surface area (Å²) in [5.74, 6) is 0.168. The third-order valence-electron chi connectivity index (χ3n) is 6.39. The quantitative estimate of drug-likeness (QED) is 0.558. The van der Waals surface area contributed by atoms with E-state index in [-0.39, 0.29) is 16.6 Å². The standard InChI is InChI=1S/C24H26FN5O3S/c25-21-5-1-2-6-22(21)30-14-11-26-24(30)28-17-15-27(16-18-28)23(31)19-7-9-20(10-8-19)34(32,33)29-12-3-4-13-29/h1-2,5-11,14H,3-4,12-13,15-18H2. The van der Waals surface area contributed by atoms with Crippen molar-refractivity contribution in [2.24, 2.45) is 0 Å². The molecule has 8 nitrogen and oxygen atoms in total. The highest BCUT2D eigenvalue weighted by atomic mass is 32.2. The normalized spacial score (nSPS) is 17.3. The zero-order chi connectivity index (χ0) is 23.7. The van der Waals surface area contributed by atoms with Crippen molar-refractivity contribution in [2.75, 3.05) is 44.2 Å². The average molecular weight is 484 g/mol. The lowest BCUT2D eigenvalue weighted by molar-refractivity contribution is 0.0746. The van der Waals surface area contributed by atoms with Crippen LogP contribution in [0.5, 0.6) is 0 Å². The molecule has 2 fully saturated rings. The van der Waals surface area contributed by atoms with Crippen molar-refractivity contribution in [3.8, 4) is 5.69 Å². The van der Waals surface area contributed by atoms with Crippen molar-refractivity contribution in [1.82, 2.24) is 18.8 Å². The molecule has 0 aliphatic carbocycles. The first-order chi connectivity index (χ1) is 16.4.